The molecule has 0 saturated heterocycles. The van der Waals surface area contributed by atoms with E-state index in [-0.39, 0.29) is 24.0 Å². The van der Waals surface area contributed by atoms with Crippen LogP contribution in [-0.2, 0) is 22.9 Å². The second-order valence-corrected chi connectivity index (χ2v) is 9.45. The molecule has 0 unspecified atom stereocenters. The molecule has 7 nitrogen and oxygen atoms in total. The van der Waals surface area contributed by atoms with Gasteiger partial charge >= 0.3 is 0 Å². The van der Waals surface area contributed by atoms with Crippen molar-refractivity contribution in [3.05, 3.63) is 77.1 Å². The number of benzene rings is 2. The fraction of sp³-hybridized carbons (Fsp3) is 0.304. The number of para-hydroxylation sites is 1. The van der Waals surface area contributed by atoms with Crippen molar-refractivity contribution in [2.24, 2.45) is 4.99 Å². The summed E-state index contributed by atoms with van der Waals surface area (Å²) in [5.74, 6) is 0.692. The van der Waals surface area contributed by atoms with Crippen LogP contribution in [0.5, 0.6) is 0 Å². The van der Waals surface area contributed by atoms with E-state index in [9.17, 15) is 8.42 Å². The summed E-state index contributed by atoms with van der Waals surface area (Å²) in [6.45, 7) is 7.82. The number of halogens is 1. The van der Waals surface area contributed by atoms with Gasteiger partial charge in [0, 0.05) is 25.0 Å². The molecular formula is C23H30IN5O2S. The zero-order valence-electron chi connectivity index (χ0n) is 18.8. The van der Waals surface area contributed by atoms with Gasteiger partial charge in [-0.05, 0) is 56.2 Å². The second kappa shape index (κ2) is 11.5. The van der Waals surface area contributed by atoms with Crippen LogP contribution in [0.25, 0.3) is 5.69 Å². The van der Waals surface area contributed by atoms with Crippen molar-refractivity contribution < 1.29 is 8.42 Å². The van der Waals surface area contributed by atoms with E-state index in [1.807, 2.05) is 37.6 Å². The number of hydrogen-bond acceptors (Lipinski definition) is 4. The van der Waals surface area contributed by atoms with Gasteiger partial charge < -0.3 is 10.6 Å². The third-order valence-corrected chi connectivity index (χ3v) is 5.92. The zero-order chi connectivity index (χ0) is 22.4. The molecule has 0 aliphatic carbocycles. The summed E-state index contributed by atoms with van der Waals surface area (Å²) in [7, 11) is -3.19. The molecule has 0 radical (unpaired) electrons. The van der Waals surface area contributed by atoms with Gasteiger partial charge in [-0.1, -0.05) is 30.3 Å². The maximum absolute atomic E-state index is 11.6. The van der Waals surface area contributed by atoms with Gasteiger partial charge in [-0.25, -0.2) is 18.1 Å². The molecule has 2 N–H and O–H groups in total. The van der Waals surface area contributed by atoms with Gasteiger partial charge in [-0.15, -0.1) is 24.0 Å². The van der Waals surface area contributed by atoms with E-state index in [2.05, 4.69) is 38.9 Å². The minimum absolute atomic E-state index is 0. The van der Waals surface area contributed by atoms with Crippen molar-refractivity contribution in [2.45, 2.75) is 38.8 Å². The van der Waals surface area contributed by atoms with Crippen molar-refractivity contribution in [2.75, 3.05) is 12.8 Å². The lowest BCUT2D eigenvalue weighted by Gasteiger charge is -2.15. The van der Waals surface area contributed by atoms with Crippen LogP contribution >= 0.6 is 24.0 Å². The van der Waals surface area contributed by atoms with Gasteiger partial charge in [0.25, 0.3) is 0 Å². The third kappa shape index (κ3) is 6.80. The van der Waals surface area contributed by atoms with Crippen LogP contribution in [-0.4, -0.2) is 37.0 Å². The summed E-state index contributed by atoms with van der Waals surface area (Å²) in [6.07, 6.45) is 1.21. The topological polar surface area (TPSA) is 88.4 Å². The summed E-state index contributed by atoms with van der Waals surface area (Å²) in [4.78, 5) is 4.95. The van der Waals surface area contributed by atoms with Gasteiger partial charge in [0.2, 0.25) is 0 Å². The molecule has 172 valence electrons. The summed E-state index contributed by atoms with van der Waals surface area (Å²) in [5, 5.41) is 11.2. The Morgan fingerprint density at radius 3 is 2.34 bits per heavy atom. The highest BCUT2D eigenvalue weighted by Gasteiger charge is 2.10. The van der Waals surface area contributed by atoms with Gasteiger partial charge in [0.1, 0.15) is 0 Å². The summed E-state index contributed by atoms with van der Waals surface area (Å²) in [5.41, 5.74) is 5.15. The molecule has 0 fully saturated rings. The van der Waals surface area contributed by atoms with E-state index in [4.69, 9.17) is 0 Å². The summed E-state index contributed by atoms with van der Waals surface area (Å²) < 4.78 is 25.2. The minimum atomic E-state index is -3.19. The molecule has 0 aliphatic heterocycles. The Bertz CT molecular complexity index is 1170. The first kappa shape index (κ1) is 25.9. The number of aromatic nitrogens is 2. The first-order valence-corrected chi connectivity index (χ1v) is 12.1. The molecule has 0 amide bonds. The van der Waals surface area contributed by atoms with Crippen LogP contribution in [0.15, 0.2) is 64.5 Å². The van der Waals surface area contributed by atoms with Crippen molar-refractivity contribution in [3.8, 4) is 5.69 Å². The Balaban J connectivity index is 0.00000363. The lowest BCUT2D eigenvalue weighted by atomic mass is 10.1. The molecular weight excluding hydrogens is 537 g/mol. The predicted molar refractivity (Wildman–Crippen MR) is 140 cm³/mol. The van der Waals surface area contributed by atoms with Crippen LogP contribution in [0.1, 0.15) is 29.4 Å². The first-order valence-electron chi connectivity index (χ1n) is 10.2. The Morgan fingerprint density at radius 2 is 1.75 bits per heavy atom. The lowest BCUT2D eigenvalue weighted by molar-refractivity contribution is 0.602. The van der Waals surface area contributed by atoms with Gasteiger partial charge in [0.05, 0.1) is 22.8 Å². The SMILES string of the molecule is CCNC(=NCc1ccc(S(C)(=O)=O)cc1)NCc1ccccc1-n1nc(C)cc1C.I. The molecule has 0 bridgehead atoms. The third-order valence-electron chi connectivity index (χ3n) is 4.79. The first-order chi connectivity index (χ1) is 14.8. The maximum atomic E-state index is 11.6. The molecule has 1 aromatic heterocycles. The quantitative estimate of drug-likeness (QED) is 0.258. The standard InChI is InChI=1S/C23H29N5O2S.HI/c1-5-24-23(25-15-19-10-12-21(13-11-19)31(4,29)30)26-16-20-8-6-7-9-22(20)28-18(3)14-17(2)27-28;/h6-14H,5,15-16H2,1-4H3,(H2,24,25,26);1H. The minimum Gasteiger partial charge on any atom is -0.357 e. The predicted octanol–water partition coefficient (Wildman–Crippen LogP) is 3.77. The van der Waals surface area contributed by atoms with Crippen molar-refractivity contribution in [1.29, 1.82) is 0 Å². The molecule has 2 aromatic carbocycles. The number of sulfone groups is 1. The number of aryl methyl sites for hydroxylation is 2. The van der Waals surface area contributed by atoms with Crippen LogP contribution in [0.2, 0.25) is 0 Å². The van der Waals surface area contributed by atoms with E-state index in [1.54, 1.807) is 24.3 Å². The van der Waals surface area contributed by atoms with E-state index in [0.29, 0.717) is 23.9 Å². The van der Waals surface area contributed by atoms with Gasteiger partial charge in [-0.3, -0.25) is 0 Å². The van der Waals surface area contributed by atoms with E-state index >= 15 is 0 Å². The Labute approximate surface area is 207 Å². The second-order valence-electron chi connectivity index (χ2n) is 7.43. The summed E-state index contributed by atoms with van der Waals surface area (Å²) in [6, 6.07) is 17.0. The number of nitrogens with one attached hydrogen (secondary N) is 2. The van der Waals surface area contributed by atoms with Crippen molar-refractivity contribution >= 4 is 39.8 Å². The zero-order valence-corrected chi connectivity index (χ0v) is 21.9. The summed E-state index contributed by atoms with van der Waals surface area (Å²) >= 11 is 0. The molecule has 1 heterocycles. The maximum Gasteiger partial charge on any atom is 0.191 e. The van der Waals surface area contributed by atoms with Gasteiger partial charge in [-0.2, -0.15) is 5.10 Å². The van der Waals surface area contributed by atoms with E-state index in [0.717, 1.165) is 34.7 Å². The Morgan fingerprint density at radius 1 is 1.06 bits per heavy atom. The van der Waals surface area contributed by atoms with E-state index in [1.165, 1.54) is 6.26 Å². The average molecular weight is 567 g/mol. The highest BCUT2D eigenvalue weighted by Crippen LogP contribution is 2.17. The van der Waals surface area contributed by atoms with Crippen molar-refractivity contribution in [1.82, 2.24) is 20.4 Å². The largest absolute Gasteiger partial charge is 0.357 e. The fourth-order valence-corrected chi connectivity index (χ4v) is 3.90. The molecule has 0 spiro atoms. The Hall–Kier alpha value is -2.40. The number of hydrogen-bond donors (Lipinski definition) is 2. The Kier molecular flexibility index (Phi) is 9.26. The molecule has 0 aliphatic rings. The van der Waals surface area contributed by atoms with Crippen LogP contribution in [0.3, 0.4) is 0 Å². The smallest absolute Gasteiger partial charge is 0.191 e. The molecule has 3 rings (SSSR count). The van der Waals surface area contributed by atoms with Crippen LogP contribution in [0, 0.1) is 13.8 Å². The fourth-order valence-electron chi connectivity index (χ4n) is 3.27. The van der Waals surface area contributed by atoms with E-state index < -0.39 is 9.84 Å². The molecule has 9 heteroatoms. The number of nitrogens with zero attached hydrogens (tertiary/aromatic N) is 3. The monoisotopic (exact) mass is 567 g/mol. The normalized spacial score (nSPS) is 11.7. The highest BCUT2D eigenvalue weighted by atomic mass is 127. The number of rotatable bonds is 7. The van der Waals surface area contributed by atoms with Gasteiger partial charge in [0.15, 0.2) is 15.8 Å². The molecule has 32 heavy (non-hydrogen) atoms. The molecule has 3 aromatic rings. The van der Waals surface area contributed by atoms with Crippen LogP contribution < -0.4 is 10.6 Å². The van der Waals surface area contributed by atoms with Crippen LogP contribution in [0.4, 0.5) is 0 Å². The molecule has 0 atom stereocenters. The lowest BCUT2D eigenvalue weighted by Crippen LogP contribution is -2.37. The van der Waals surface area contributed by atoms with Crippen molar-refractivity contribution in [3.63, 3.8) is 0 Å². The number of aliphatic imine (C=N–C) groups is 1. The molecule has 0 saturated carbocycles. The average Bonchev–Trinajstić information content (AvgIpc) is 3.07. The highest BCUT2D eigenvalue weighted by molar-refractivity contribution is 14.0. The number of guanidine groups is 1.